The number of rotatable bonds is 8. The van der Waals surface area contributed by atoms with E-state index in [1.54, 1.807) is 0 Å². The van der Waals surface area contributed by atoms with Crippen LogP contribution >= 0.6 is 11.6 Å². The van der Waals surface area contributed by atoms with Crippen LogP contribution in [-0.4, -0.2) is 50.1 Å². The Hall–Kier alpha value is -1.10. The molecule has 2 rings (SSSR count). The fraction of sp³-hybridized carbons (Fsp3) is 0.632. The molecule has 0 radical (unpaired) electrons. The first kappa shape index (κ1) is 19.2. The number of amides is 1. The van der Waals surface area contributed by atoms with Crippen LogP contribution in [0.15, 0.2) is 24.3 Å². The lowest BCUT2D eigenvalue weighted by molar-refractivity contribution is -0.127. The van der Waals surface area contributed by atoms with Crippen LogP contribution in [0, 0.1) is 0 Å². The van der Waals surface area contributed by atoms with E-state index < -0.39 is 5.41 Å². The molecule has 4 nitrogen and oxygen atoms in total. The highest BCUT2D eigenvalue weighted by atomic mass is 35.5. The van der Waals surface area contributed by atoms with Gasteiger partial charge in [0.25, 0.3) is 0 Å². The molecular weight excluding hydrogens is 322 g/mol. The van der Waals surface area contributed by atoms with Crippen molar-refractivity contribution in [1.82, 2.24) is 15.5 Å². The highest BCUT2D eigenvalue weighted by Gasteiger charge is 2.36. The summed E-state index contributed by atoms with van der Waals surface area (Å²) >= 11 is 5.99. The number of nitrogens with zero attached hydrogens (tertiary/aromatic N) is 1. The summed E-state index contributed by atoms with van der Waals surface area (Å²) in [6.07, 6.45) is 2.57. The smallest absolute Gasteiger partial charge is 0.230 e. The van der Waals surface area contributed by atoms with Gasteiger partial charge in [-0.3, -0.25) is 4.79 Å². The second-order valence-electron chi connectivity index (χ2n) is 6.50. The van der Waals surface area contributed by atoms with Crippen molar-refractivity contribution in [3.05, 3.63) is 34.9 Å². The molecule has 1 aromatic rings. The Kier molecular flexibility index (Phi) is 7.53. The number of hydrogen-bond donors (Lipinski definition) is 2. The lowest BCUT2D eigenvalue weighted by Gasteiger charge is -2.31. The first-order chi connectivity index (χ1) is 11.6. The van der Waals surface area contributed by atoms with Crippen molar-refractivity contribution in [2.45, 2.75) is 38.5 Å². The molecule has 5 heteroatoms. The topological polar surface area (TPSA) is 44.4 Å². The molecule has 1 aliphatic heterocycles. The van der Waals surface area contributed by atoms with Crippen LogP contribution in [0.2, 0.25) is 5.02 Å². The molecule has 0 saturated carbocycles. The lowest BCUT2D eigenvalue weighted by Crippen LogP contribution is -2.46. The summed E-state index contributed by atoms with van der Waals surface area (Å²) in [4.78, 5) is 15.3. The summed E-state index contributed by atoms with van der Waals surface area (Å²) < 4.78 is 0. The molecule has 0 aromatic heterocycles. The first-order valence-corrected chi connectivity index (χ1v) is 9.47. The Morgan fingerprint density at radius 1 is 1.21 bits per heavy atom. The van der Waals surface area contributed by atoms with E-state index in [0.29, 0.717) is 5.02 Å². The Labute approximate surface area is 150 Å². The third-order valence-corrected chi connectivity index (χ3v) is 5.44. The molecule has 0 unspecified atom stereocenters. The second-order valence-corrected chi connectivity index (χ2v) is 6.93. The van der Waals surface area contributed by atoms with E-state index in [0.717, 1.165) is 64.1 Å². The van der Waals surface area contributed by atoms with E-state index in [4.69, 9.17) is 11.6 Å². The minimum atomic E-state index is -0.459. The average Bonchev–Trinajstić information content (AvgIpc) is 2.62. The van der Waals surface area contributed by atoms with Gasteiger partial charge >= 0.3 is 0 Å². The van der Waals surface area contributed by atoms with Gasteiger partial charge in [0.15, 0.2) is 0 Å². The van der Waals surface area contributed by atoms with Crippen molar-refractivity contribution in [3.8, 4) is 0 Å². The third kappa shape index (κ3) is 4.71. The summed E-state index contributed by atoms with van der Waals surface area (Å²) in [5, 5.41) is 7.23. The molecule has 1 heterocycles. The van der Waals surface area contributed by atoms with Crippen molar-refractivity contribution in [1.29, 1.82) is 0 Å². The number of nitrogens with one attached hydrogen (secondary N) is 2. The van der Waals surface area contributed by atoms with Gasteiger partial charge in [0.05, 0.1) is 5.41 Å². The second kappa shape index (κ2) is 9.40. The monoisotopic (exact) mass is 351 g/mol. The van der Waals surface area contributed by atoms with Crippen molar-refractivity contribution < 1.29 is 4.79 Å². The Morgan fingerprint density at radius 3 is 2.42 bits per heavy atom. The van der Waals surface area contributed by atoms with E-state index in [9.17, 15) is 4.79 Å². The normalized spacial score (nSPS) is 16.1. The van der Waals surface area contributed by atoms with Gasteiger partial charge in [-0.1, -0.05) is 37.6 Å². The zero-order valence-corrected chi connectivity index (χ0v) is 15.7. The van der Waals surface area contributed by atoms with Gasteiger partial charge in [-0.2, -0.15) is 0 Å². The largest absolute Gasteiger partial charge is 0.355 e. The van der Waals surface area contributed by atoms with Crippen LogP contribution in [0.4, 0.5) is 0 Å². The quantitative estimate of drug-likeness (QED) is 0.708. The molecule has 1 aliphatic rings. The van der Waals surface area contributed by atoms with Crippen LogP contribution in [-0.2, 0) is 10.2 Å². The van der Waals surface area contributed by atoms with E-state index in [2.05, 4.69) is 29.4 Å². The fourth-order valence-electron chi connectivity index (χ4n) is 3.49. The van der Waals surface area contributed by atoms with Gasteiger partial charge in [-0.25, -0.2) is 0 Å². The zero-order valence-electron chi connectivity index (χ0n) is 14.9. The van der Waals surface area contributed by atoms with Gasteiger partial charge < -0.3 is 15.5 Å². The maximum absolute atomic E-state index is 12.9. The predicted molar refractivity (Wildman–Crippen MR) is 101 cm³/mol. The van der Waals surface area contributed by atoms with Crippen molar-refractivity contribution in [2.24, 2.45) is 0 Å². The maximum atomic E-state index is 12.9. The molecule has 134 valence electrons. The van der Waals surface area contributed by atoms with Crippen molar-refractivity contribution in [3.63, 3.8) is 0 Å². The fourth-order valence-corrected chi connectivity index (χ4v) is 3.61. The maximum Gasteiger partial charge on any atom is 0.230 e. The Balaban J connectivity index is 1.90. The highest BCUT2D eigenvalue weighted by Crippen LogP contribution is 2.32. The first-order valence-electron chi connectivity index (χ1n) is 9.10. The molecule has 0 aliphatic carbocycles. The Bertz CT molecular complexity index is 508. The standard InChI is InChI=1S/C19H30ClN3O/c1-3-19(4-2,16-6-8-17(20)9-7-16)18(24)22-10-5-13-23-14-11-21-12-15-23/h6-9,21H,3-5,10-15H2,1-2H3,(H,22,24). The van der Waals surface area contributed by atoms with E-state index >= 15 is 0 Å². The van der Waals surface area contributed by atoms with E-state index in [-0.39, 0.29) is 5.91 Å². The molecule has 1 fully saturated rings. The van der Waals surface area contributed by atoms with Gasteiger partial charge in [0, 0.05) is 37.7 Å². The van der Waals surface area contributed by atoms with E-state index in [1.165, 1.54) is 0 Å². The Morgan fingerprint density at radius 2 is 1.83 bits per heavy atom. The summed E-state index contributed by atoms with van der Waals surface area (Å²) in [7, 11) is 0. The van der Waals surface area contributed by atoms with Crippen LogP contribution in [0.3, 0.4) is 0 Å². The van der Waals surface area contributed by atoms with Gasteiger partial charge in [-0.15, -0.1) is 0 Å². The SMILES string of the molecule is CCC(CC)(C(=O)NCCCN1CCNCC1)c1ccc(Cl)cc1. The molecule has 24 heavy (non-hydrogen) atoms. The number of carbonyl (C=O) groups is 1. The van der Waals surface area contributed by atoms with Gasteiger partial charge in [-0.05, 0) is 43.5 Å². The number of benzene rings is 1. The molecule has 2 N–H and O–H groups in total. The number of piperazine rings is 1. The average molecular weight is 352 g/mol. The van der Waals surface area contributed by atoms with Crippen LogP contribution < -0.4 is 10.6 Å². The van der Waals surface area contributed by atoms with E-state index in [1.807, 2.05) is 24.3 Å². The predicted octanol–water partition coefficient (Wildman–Crippen LogP) is 2.81. The molecular formula is C19H30ClN3O. The summed E-state index contributed by atoms with van der Waals surface area (Å²) in [6.45, 7) is 10.3. The van der Waals surface area contributed by atoms with Crippen molar-refractivity contribution in [2.75, 3.05) is 39.3 Å². The van der Waals surface area contributed by atoms with Crippen molar-refractivity contribution >= 4 is 17.5 Å². The minimum absolute atomic E-state index is 0.134. The number of hydrogen-bond acceptors (Lipinski definition) is 3. The summed E-state index contributed by atoms with van der Waals surface area (Å²) in [5.74, 6) is 0.134. The molecule has 1 saturated heterocycles. The minimum Gasteiger partial charge on any atom is -0.355 e. The molecule has 0 atom stereocenters. The summed E-state index contributed by atoms with van der Waals surface area (Å²) in [6, 6.07) is 7.70. The van der Waals surface area contributed by atoms with Gasteiger partial charge in [0.1, 0.15) is 0 Å². The van der Waals surface area contributed by atoms with Crippen LogP contribution in [0.1, 0.15) is 38.7 Å². The summed E-state index contributed by atoms with van der Waals surface area (Å²) in [5.41, 5.74) is 0.594. The lowest BCUT2D eigenvalue weighted by atomic mass is 9.75. The number of halogens is 1. The molecule has 0 bridgehead atoms. The zero-order chi connectivity index (χ0) is 17.4. The molecule has 0 spiro atoms. The highest BCUT2D eigenvalue weighted by molar-refractivity contribution is 6.30. The molecule has 1 amide bonds. The third-order valence-electron chi connectivity index (χ3n) is 5.18. The van der Waals surface area contributed by atoms with Crippen LogP contribution in [0.5, 0.6) is 0 Å². The molecule has 1 aromatic carbocycles. The van der Waals surface area contributed by atoms with Gasteiger partial charge in [0.2, 0.25) is 5.91 Å². The van der Waals surface area contributed by atoms with Crippen LogP contribution in [0.25, 0.3) is 0 Å². The number of carbonyl (C=O) groups excluding carboxylic acids is 1.